The van der Waals surface area contributed by atoms with E-state index in [9.17, 15) is 14.7 Å². The zero-order chi connectivity index (χ0) is 17.6. The molecular formula is C20H33NaO4. The monoisotopic (exact) mass is 360 g/mol. The Kier molecular flexibility index (Phi) is 15.7. The Bertz CT molecular complexity index is 395. The zero-order valence-electron chi connectivity index (χ0n) is 16.1. The Morgan fingerprint density at radius 1 is 0.960 bits per heavy atom. The van der Waals surface area contributed by atoms with Gasteiger partial charge in [0.15, 0.2) is 0 Å². The predicted molar refractivity (Wildman–Crippen MR) is 93.2 cm³/mol. The van der Waals surface area contributed by atoms with Gasteiger partial charge >= 0.3 is 35.5 Å². The molecular weight excluding hydrogens is 327 g/mol. The molecule has 25 heavy (non-hydrogen) atoms. The van der Waals surface area contributed by atoms with E-state index in [0.717, 1.165) is 38.5 Å². The molecule has 0 amide bonds. The molecule has 138 valence electrons. The van der Waals surface area contributed by atoms with Crippen LogP contribution in [0, 0.1) is 11.8 Å². The van der Waals surface area contributed by atoms with E-state index in [1.165, 1.54) is 25.7 Å². The van der Waals surface area contributed by atoms with Crippen LogP contribution in [0.2, 0.25) is 0 Å². The predicted octanol–water partition coefficient (Wildman–Crippen LogP) is 0.787. The fraction of sp³-hybridized carbons (Fsp3) is 0.800. The van der Waals surface area contributed by atoms with Crippen LogP contribution in [0.1, 0.15) is 84.0 Å². The fourth-order valence-corrected chi connectivity index (χ4v) is 3.26. The van der Waals surface area contributed by atoms with Gasteiger partial charge in [0, 0.05) is 11.9 Å². The second-order valence-electron chi connectivity index (χ2n) is 6.80. The van der Waals surface area contributed by atoms with Crippen molar-refractivity contribution in [3.8, 4) is 0 Å². The first kappa shape index (κ1) is 24.7. The molecule has 0 N–H and O–H groups in total. The van der Waals surface area contributed by atoms with E-state index in [-0.39, 0.29) is 35.5 Å². The first-order valence-corrected chi connectivity index (χ1v) is 9.69. The number of rotatable bonds is 12. The quantitative estimate of drug-likeness (QED) is 0.223. The zero-order valence-corrected chi connectivity index (χ0v) is 18.1. The molecule has 1 saturated carbocycles. The third kappa shape index (κ3) is 11.1. The van der Waals surface area contributed by atoms with Crippen LogP contribution in [-0.2, 0) is 14.3 Å². The Morgan fingerprint density at radius 3 is 2.16 bits per heavy atom. The number of hydrogen-bond acceptors (Lipinski definition) is 4. The Balaban J connectivity index is 0.00000576. The Labute approximate surface area is 175 Å². The molecule has 0 aromatic rings. The summed E-state index contributed by atoms with van der Waals surface area (Å²) in [5.74, 6) is -2.62. The standard InChI is InChI=1S/C20H34O4.Na/c1-2-3-4-5-6-7-8-9-10-13-16-24-20(23)18-15-12-11-14-17(18)19(21)22;/h6-7,17-18H,2-5,8-16H2,1H3,(H,21,22);/q;+1/p-1/b7-6+;. The van der Waals surface area contributed by atoms with Gasteiger partial charge in [0.2, 0.25) is 0 Å². The first-order valence-electron chi connectivity index (χ1n) is 9.69. The van der Waals surface area contributed by atoms with Gasteiger partial charge < -0.3 is 14.6 Å². The van der Waals surface area contributed by atoms with E-state index in [4.69, 9.17) is 4.74 Å². The molecule has 0 aliphatic heterocycles. The molecule has 0 radical (unpaired) electrons. The maximum atomic E-state index is 12.0. The molecule has 0 saturated heterocycles. The van der Waals surface area contributed by atoms with Crippen molar-refractivity contribution >= 4 is 11.9 Å². The minimum atomic E-state index is -1.11. The molecule has 2 atom stereocenters. The van der Waals surface area contributed by atoms with E-state index in [0.29, 0.717) is 19.4 Å². The average molecular weight is 360 g/mol. The van der Waals surface area contributed by atoms with Crippen LogP contribution in [0.5, 0.6) is 0 Å². The van der Waals surface area contributed by atoms with E-state index in [1.807, 2.05) is 0 Å². The van der Waals surface area contributed by atoms with Gasteiger partial charge in [-0.3, -0.25) is 4.79 Å². The van der Waals surface area contributed by atoms with Crippen molar-refractivity contribution in [2.24, 2.45) is 11.8 Å². The molecule has 5 heteroatoms. The van der Waals surface area contributed by atoms with Crippen molar-refractivity contribution in [1.29, 1.82) is 0 Å². The van der Waals surface area contributed by atoms with Crippen LogP contribution in [0.4, 0.5) is 0 Å². The summed E-state index contributed by atoms with van der Waals surface area (Å²) >= 11 is 0. The van der Waals surface area contributed by atoms with Crippen LogP contribution in [0.3, 0.4) is 0 Å². The second kappa shape index (κ2) is 15.9. The van der Waals surface area contributed by atoms with E-state index >= 15 is 0 Å². The minimum absolute atomic E-state index is 0. The molecule has 1 rings (SSSR count). The van der Waals surface area contributed by atoms with Crippen molar-refractivity contribution in [2.45, 2.75) is 84.0 Å². The summed E-state index contributed by atoms with van der Waals surface area (Å²) in [4.78, 5) is 23.2. The molecule has 0 spiro atoms. The molecule has 0 aromatic carbocycles. The summed E-state index contributed by atoms with van der Waals surface area (Å²) < 4.78 is 5.29. The third-order valence-electron chi connectivity index (χ3n) is 4.77. The van der Waals surface area contributed by atoms with Gasteiger partial charge in [0.05, 0.1) is 12.5 Å². The fourth-order valence-electron chi connectivity index (χ4n) is 3.26. The summed E-state index contributed by atoms with van der Waals surface area (Å²) in [6.45, 7) is 2.61. The maximum absolute atomic E-state index is 12.0. The van der Waals surface area contributed by atoms with Crippen LogP contribution in [0.25, 0.3) is 0 Å². The van der Waals surface area contributed by atoms with Gasteiger partial charge in [-0.25, -0.2) is 0 Å². The maximum Gasteiger partial charge on any atom is 1.00 e. The average Bonchev–Trinajstić information content (AvgIpc) is 2.59. The minimum Gasteiger partial charge on any atom is -0.550 e. The smallest absolute Gasteiger partial charge is 0.550 e. The van der Waals surface area contributed by atoms with Gasteiger partial charge in [0.25, 0.3) is 0 Å². The van der Waals surface area contributed by atoms with Crippen molar-refractivity contribution in [1.82, 2.24) is 0 Å². The van der Waals surface area contributed by atoms with E-state index < -0.39 is 17.8 Å². The number of esters is 1. The topological polar surface area (TPSA) is 66.4 Å². The van der Waals surface area contributed by atoms with Crippen molar-refractivity contribution in [3.05, 3.63) is 12.2 Å². The summed E-state index contributed by atoms with van der Waals surface area (Å²) in [7, 11) is 0. The molecule has 0 bridgehead atoms. The largest absolute Gasteiger partial charge is 1.00 e. The first-order chi connectivity index (χ1) is 11.7. The van der Waals surface area contributed by atoms with Crippen molar-refractivity contribution in [3.63, 3.8) is 0 Å². The number of carboxylic acids is 1. The summed E-state index contributed by atoms with van der Waals surface area (Å²) in [5.41, 5.74) is 0. The second-order valence-corrected chi connectivity index (χ2v) is 6.80. The van der Waals surface area contributed by atoms with Crippen LogP contribution >= 0.6 is 0 Å². The molecule has 1 aliphatic carbocycles. The molecule has 0 aromatic heterocycles. The van der Waals surface area contributed by atoms with E-state index in [2.05, 4.69) is 19.1 Å². The Morgan fingerprint density at radius 2 is 1.56 bits per heavy atom. The van der Waals surface area contributed by atoms with Crippen molar-refractivity contribution in [2.75, 3.05) is 6.61 Å². The summed E-state index contributed by atoms with van der Waals surface area (Å²) in [6, 6.07) is 0. The molecule has 2 unspecified atom stereocenters. The molecule has 0 heterocycles. The number of aliphatic carboxylic acids is 1. The number of carbonyl (C=O) groups excluding carboxylic acids is 2. The number of unbranched alkanes of at least 4 members (excludes halogenated alkanes) is 6. The van der Waals surface area contributed by atoms with Crippen LogP contribution in [-0.4, -0.2) is 18.5 Å². The Hall–Kier alpha value is -0.320. The SMILES string of the molecule is CCCCC/C=C/CCCCCOC(=O)C1CCCCC1C(=O)[O-].[Na+]. The van der Waals surface area contributed by atoms with Gasteiger partial charge in [-0.2, -0.15) is 0 Å². The normalized spacial score (nSPS) is 20.2. The summed E-state index contributed by atoms with van der Waals surface area (Å²) in [5, 5.41) is 11.1. The number of carbonyl (C=O) groups is 2. The number of ether oxygens (including phenoxy) is 1. The van der Waals surface area contributed by atoms with Gasteiger partial charge in [-0.05, 0) is 51.4 Å². The number of hydrogen-bond donors (Lipinski definition) is 0. The van der Waals surface area contributed by atoms with Gasteiger partial charge in [-0.15, -0.1) is 0 Å². The van der Waals surface area contributed by atoms with E-state index in [1.54, 1.807) is 0 Å². The van der Waals surface area contributed by atoms with Gasteiger partial charge in [-0.1, -0.05) is 44.8 Å². The molecule has 4 nitrogen and oxygen atoms in total. The molecule has 1 fully saturated rings. The van der Waals surface area contributed by atoms with Crippen LogP contribution < -0.4 is 34.7 Å². The summed E-state index contributed by atoms with van der Waals surface area (Å²) in [6.07, 6.45) is 16.5. The van der Waals surface area contributed by atoms with Crippen LogP contribution in [0.15, 0.2) is 12.2 Å². The van der Waals surface area contributed by atoms with Crippen molar-refractivity contribution < 1.29 is 49.0 Å². The number of carboxylic acid groups (broad SMARTS) is 1. The van der Waals surface area contributed by atoms with Gasteiger partial charge in [0.1, 0.15) is 0 Å². The molecule has 1 aliphatic rings. The third-order valence-corrected chi connectivity index (χ3v) is 4.77. The number of allylic oxidation sites excluding steroid dienone is 2.